The summed E-state index contributed by atoms with van der Waals surface area (Å²) in [5, 5.41) is 10.3. The Morgan fingerprint density at radius 1 is 0.973 bits per heavy atom. The molecular formula is C31H36ClN3O2. The van der Waals surface area contributed by atoms with Crippen LogP contribution in [0.15, 0.2) is 60.8 Å². The quantitative estimate of drug-likeness (QED) is 0.358. The number of hydrogen-bond acceptors (Lipinski definition) is 4. The van der Waals surface area contributed by atoms with Gasteiger partial charge in [-0.3, -0.25) is 0 Å². The van der Waals surface area contributed by atoms with Crippen molar-refractivity contribution in [2.75, 3.05) is 23.9 Å². The summed E-state index contributed by atoms with van der Waals surface area (Å²) < 4.78 is 0. The summed E-state index contributed by atoms with van der Waals surface area (Å²) in [4.78, 5) is 19.8. The minimum atomic E-state index is -0.996. The van der Waals surface area contributed by atoms with Crippen molar-refractivity contribution in [2.24, 2.45) is 17.8 Å². The van der Waals surface area contributed by atoms with E-state index in [1.165, 1.54) is 37.7 Å². The molecule has 0 spiro atoms. The van der Waals surface area contributed by atoms with Gasteiger partial charge in [-0.05, 0) is 109 Å². The van der Waals surface area contributed by atoms with Gasteiger partial charge in [0.05, 0.1) is 10.7 Å². The van der Waals surface area contributed by atoms with E-state index in [1.54, 1.807) is 23.2 Å². The topological polar surface area (TPSA) is 56.7 Å². The van der Waals surface area contributed by atoms with Crippen LogP contribution in [-0.4, -0.2) is 30.2 Å². The zero-order chi connectivity index (χ0) is 26.3. The van der Waals surface area contributed by atoms with Gasteiger partial charge in [0.2, 0.25) is 0 Å². The molecule has 2 fully saturated rings. The maximum absolute atomic E-state index is 11.6. The molecule has 5 rings (SSSR count). The highest BCUT2D eigenvalue weighted by atomic mass is 35.5. The molecule has 0 aliphatic heterocycles. The van der Waals surface area contributed by atoms with E-state index in [1.807, 2.05) is 38.4 Å². The number of pyridine rings is 1. The van der Waals surface area contributed by atoms with Gasteiger partial charge in [0.1, 0.15) is 11.4 Å². The maximum Gasteiger partial charge on any atom is 0.339 e. The molecule has 1 N–H and O–H groups in total. The maximum atomic E-state index is 11.6. The lowest BCUT2D eigenvalue weighted by Crippen LogP contribution is -2.38. The summed E-state index contributed by atoms with van der Waals surface area (Å²) in [6, 6.07) is 17.8. The lowest BCUT2D eigenvalue weighted by molar-refractivity contribution is 0.0697. The molecule has 37 heavy (non-hydrogen) atoms. The summed E-state index contributed by atoms with van der Waals surface area (Å²) in [7, 11) is 3.85. The van der Waals surface area contributed by atoms with Gasteiger partial charge in [-0.2, -0.15) is 0 Å². The fourth-order valence-electron chi connectivity index (χ4n) is 6.97. The van der Waals surface area contributed by atoms with Crippen molar-refractivity contribution in [1.29, 1.82) is 0 Å². The second-order valence-corrected chi connectivity index (χ2v) is 11.9. The van der Waals surface area contributed by atoms with Crippen molar-refractivity contribution in [3.05, 3.63) is 76.9 Å². The fraction of sp³-hybridized carbons (Fsp3) is 0.419. The van der Waals surface area contributed by atoms with Crippen molar-refractivity contribution in [2.45, 2.75) is 51.4 Å². The van der Waals surface area contributed by atoms with Crippen molar-refractivity contribution in [1.82, 2.24) is 4.98 Å². The average Bonchev–Trinajstić information content (AvgIpc) is 2.87. The number of carboxylic acids is 1. The van der Waals surface area contributed by atoms with Crippen molar-refractivity contribution >= 4 is 40.5 Å². The number of benzene rings is 2. The molecule has 2 atom stereocenters. The van der Waals surface area contributed by atoms with Gasteiger partial charge in [-0.15, -0.1) is 0 Å². The fourth-order valence-corrected chi connectivity index (χ4v) is 7.28. The van der Waals surface area contributed by atoms with E-state index in [0.717, 1.165) is 39.8 Å². The number of nitrogens with zero attached hydrogens (tertiary/aromatic N) is 3. The van der Waals surface area contributed by atoms with E-state index in [0.29, 0.717) is 5.82 Å². The molecule has 2 aliphatic rings. The number of carbonyl (C=O) groups is 1. The minimum absolute atomic E-state index is 0.169. The largest absolute Gasteiger partial charge is 0.478 e. The molecule has 0 amide bonds. The molecule has 3 aromatic rings. The summed E-state index contributed by atoms with van der Waals surface area (Å²) in [5.41, 5.74) is 4.55. The first-order valence-electron chi connectivity index (χ1n) is 13.2. The average molecular weight is 518 g/mol. The number of aromatic carboxylic acids is 1. The van der Waals surface area contributed by atoms with Gasteiger partial charge in [0.25, 0.3) is 0 Å². The summed E-state index contributed by atoms with van der Waals surface area (Å²) >= 11 is 6.89. The Morgan fingerprint density at radius 3 is 2.19 bits per heavy atom. The standard InChI is InChI=1S/C31H36ClN3O2/c1-20-14-21-16-22(15-20)19-31(2,18-21)23-7-12-28(27(32)17-23)34(3)24-8-10-25(11-9-24)35(4)29-26(30(36)37)6-5-13-33-29/h5-13,17,20-22H,14-16,18-19H2,1-4H3,(H,36,37). The third-order valence-corrected chi connectivity index (χ3v) is 8.88. The van der Waals surface area contributed by atoms with Crippen molar-refractivity contribution in [3.8, 4) is 0 Å². The Kier molecular flexibility index (Phi) is 6.93. The van der Waals surface area contributed by atoms with Crippen LogP contribution in [0.1, 0.15) is 61.9 Å². The predicted molar refractivity (Wildman–Crippen MR) is 152 cm³/mol. The van der Waals surface area contributed by atoms with Gasteiger partial charge >= 0.3 is 5.97 Å². The normalized spacial score (nSPS) is 24.9. The number of rotatable bonds is 6. The highest BCUT2D eigenvalue weighted by molar-refractivity contribution is 6.33. The van der Waals surface area contributed by atoms with Crippen molar-refractivity contribution in [3.63, 3.8) is 0 Å². The third-order valence-electron chi connectivity index (χ3n) is 8.58. The van der Waals surface area contributed by atoms with Crippen LogP contribution in [0, 0.1) is 17.8 Å². The number of hydrogen-bond donors (Lipinski definition) is 1. The van der Waals surface area contributed by atoms with Gasteiger partial charge in [0, 0.05) is 31.7 Å². The smallest absolute Gasteiger partial charge is 0.339 e. The first-order valence-corrected chi connectivity index (χ1v) is 13.6. The summed E-state index contributed by atoms with van der Waals surface area (Å²) in [5.74, 6) is 1.95. The van der Waals surface area contributed by atoms with Crippen LogP contribution in [-0.2, 0) is 5.41 Å². The van der Waals surface area contributed by atoms with Gasteiger partial charge in [-0.1, -0.05) is 31.5 Å². The molecule has 2 saturated carbocycles. The van der Waals surface area contributed by atoms with Gasteiger partial charge in [0.15, 0.2) is 0 Å². The van der Waals surface area contributed by atoms with E-state index in [-0.39, 0.29) is 11.0 Å². The number of anilines is 4. The van der Waals surface area contributed by atoms with E-state index in [4.69, 9.17) is 11.6 Å². The Hall–Kier alpha value is -3.05. The van der Waals surface area contributed by atoms with E-state index in [2.05, 4.69) is 41.9 Å². The molecule has 2 aromatic carbocycles. The van der Waals surface area contributed by atoms with Crippen LogP contribution in [0.2, 0.25) is 5.02 Å². The van der Waals surface area contributed by atoms with E-state index in [9.17, 15) is 9.90 Å². The molecule has 6 heteroatoms. The summed E-state index contributed by atoms with van der Waals surface area (Å²) in [6.45, 7) is 4.85. The molecule has 2 aliphatic carbocycles. The molecule has 2 bridgehead atoms. The number of aromatic nitrogens is 1. The zero-order valence-electron chi connectivity index (χ0n) is 22.1. The predicted octanol–water partition coefficient (Wildman–Crippen LogP) is 8.07. The second-order valence-electron chi connectivity index (χ2n) is 11.5. The third kappa shape index (κ3) is 5.06. The number of halogens is 1. The highest BCUT2D eigenvalue weighted by Gasteiger charge is 2.42. The van der Waals surface area contributed by atoms with Crippen LogP contribution >= 0.6 is 11.6 Å². The summed E-state index contributed by atoms with van der Waals surface area (Å²) in [6.07, 6.45) is 8.25. The van der Waals surface area contributed by atoms with Gasteiger partial charge in [-0.25, -0.2) is 9.78 Å². The molecule has 1 heterocycles. The first-order chi connectivity index (χ1) is 17.6. The SMILES string of the molecule is CC1CC2CC(C1)CC(C)(c1ccc(N(C)c3ccc(N(C)c4ncccc4C(=O)O)cc3)c(Cl)c1)C2. The van der Waals surface area contributed by atoms with Gasteiger partial charge < -0.3 is 14.9 Å². The van der Waals surface area contributed by atoms with E-state index >= 15 is 0 Å². The van der Waals surface area contributed by atoms with Crippen LogP contribution < -0.4 is 9.80 Å². The lowest BCUT2D eigenvalue weighted by atomic mass is 9.57. The van der Waals surface area contributed by atoms with Crippen LogP contribution in [0.3, 0.4) is 0 Å². The number of carboxylic acid groups (broad SMARTS) is 1. The monoisotopic (exact) mass is 517 g/mol. The highest BCUT2D eigenvalue weighted by Crippen LogP contribution is 2.52. The molecule has 5 nitrogen and oxygen atoms in total. The molecule has 0 radical (unpaired) electrons. The Labute approximate surface area is 225 Å². The Bertz CT molecular complexity index is 1270. The van der Waals surface area contributed by atoms with Crippen molar-refractivity contribution < 1.29 is 9.90 Å². The zero-order valence-corrected chi connectivity index (χ0v) is 22.9. The number of fused-ring (bicyclic) bond motifs is 2. The molecule has 2 unspecified atom stereocenters. The molecule has 1 aromatic heterocycles. The lowest BCUT2D eigenvalue weighted by Gasteiger charge is -2.47. The van der Waals surface area contributed by atoms with Crippen LogP contribution in [0.25, 0.3) is 0 Å². The molecular weight excluding hydrogens is 482 g/mol. The van der Waals surface area contributed by atoms with Crippen LogP contribution in [0.4, 0.5) is 22.9 Å². The Balaban J connectivity index is 1.34. The van der Waals surface area contributed by atoms with E-state index < -0.39 is 5.97 Å². The minimum Gasteiger partial charge on any atom is -0.478 e. The first kappa shape index (κ1) is 25.6. The second kappa shape index (κ2) is 10.0. The molecule has 194 valence electrons. The molecule has 0 saturated heterocycles. The Morgan fingerprint density at radius 2 is 1.59 bits per heavy atom. The van der Waals surface area contributed by atoms with Crippen LogP contribution in [0.5, 0.6) is 0 Å².